The van der Waals surface area contributed by atoms with Crippen LogP contribution >= 0.6 is 0 Å². The van der Waals surface area contributed by atoms with Gasteiger partial charge < -0.3 is 10.4 Å². The molecule has 3 aliphatic rings. The summed E-state index contributed by atoms with van der Waals surface area (Å²) >= 11 is 0. The van der Waals surface area contributed by atoms with E-state index in [0.29, 0.717) is 36.3 Å². The van der Waals surface area contributed by atoms with Crippen LogP contribution in [0.25, 0.3) is 0 Å². The van der Waals surface area contributed by atoms with Gasteiger partial charge in [-0.25, -0.2) is 0 Å². The maximum atomic E-state index is 12.1. The number of allylic oxidation sites excluding steroid dienone is 1. The molecular weight excluding hydrogens is 228 g/mol. The molecule has 0 aromatic carbocycles. The Morgan fingerprint density at radius 2 is 2.06 bits per heavy atom. The van der Waals surface area contributed by atoms with Crippen molar-refractivity contribution in [3.63, 3.8) is 0 Å². The monoisotopic (exact) mass is 248 g/mol. The predicted molar refractivity (Wildman–Crippen MR) is 69.7 cm³/mol. The standard InChI is InChI=1S/C14H20N2O2/c1-8-6-11(17)13(12(18)7-8)14-15-9-4-2-3-5-10(9)16-14/h8-10,17H,2-7H2,1H3,(H,15,16)/t8?,9-,10+. The molecule has 3 atom stereocenters. The van der Waals surface area contributed by atoms with Crippen molar-refractivity contribution < 1.29 is 9.90 Å². The Morgan fingerprint density at radius 3 is 2.78 bits per heavy atom. The number of fused-ring (bicyclic) bond motifs is 1. The van der Waals surface area contributed by atoms with Crippen molar-refractivity contribution >= 4 is 11.6 Å². The first-order chi connectivity index (χ1) is 8.65. The van der Waals surface area contributed by atoms with Gasteiger partial charge in [0.25, 0.3) is 0 Å². The Kier molecular flexibility index (Phi) is 2.88. The van der Waals surface area contributed by atoms with Gasteiger partial charge in [-0.05, 0) is 18.8 Å². The van der Waals surface area contributed by atoms with E-state index in [4.69, 9.17) is 0 Å². The van der Waals surface area contributed by atoms with Crippen LogP contribution in [0.5, 0.6) is 0 Å². The van der Waals surface area contributed by atoms with Crippen molar-refractivity contribution in [3.05, 3.63) is 11.3 Å². The summed E-state index contributed by atoms with van der Waals surface area (Å²) in [5.74, 6) is 1.16. The van der Waals surface area contributed by atoms with Crippen LogP contribution in [-0.4, -0.2) is 28.8 Å². The lowest BCUT2D eigenvalue weighted by Gasteiger charge is -2.24. The number of carbonyl (C=O) groups excluding carboxylic acids is 1. The number of ketones is 1. The second-order valence-electron chi connectivity index (χ2n) is 5.84. The molecule has 1 saturated carbocycles. The molecular formula is C14H20N2O2. The zero-order valence-corrected chi connectivity index (χ0v) is 10.8. The highest BCUT2D eigenvalue weighted by molar-refractivity contribution is 6.22. The molecule has 0 aromatic heterocycles. The molecule has 98 valence electrons. The van der Waals surface area contributed by atoms with Gasteiger partial charge in [0, 0.05) is 18.9 Å². The largest absolute Gasteiger partial charge is 0.511 e. The molecule has 0 spiro atoms. The summed E-state index contributed by atoms with van der Waals surface area (Å²) < 4.78 is 0. The third-order valence-corrected chi connectivity index (χ3v) is 4.23. The lowest BCUT2D eigenvalue weighted by Crippen LogP contribution is -2.39. The van der Waals surface area contributed by atoms with Crippen molar-refractivity contribution in [3.8, 4) is 0 Å². The predicted octanol–water partition coefficient (Wildman–Crippen LogP) is 2.11. The number of aliphatic imine (C=N–C) groups is 1. The van der Waals surface area contributed by atoms with Gasteiger partial charge >= 0.3 is 0 Å². The number of Topliss-reactive ketones (excluding diaryl/α,β-unsaturated/α-hetero) is 1. The SMILES string of the molecule is CC1CC(=O)C(C2=N[C@H]3CCCC[C@H]3N2)=C(O)C1. The van der Waals surface area contributed by atoms with Crippen LogP contribution in [0, 0.1) is 5.92 Å². The van der Waals surface area contributed by atoms with E-state index >= 15 is 0 Å². The van der Waals surface area contributed by atoms with E-state index in [1.807, 2.05) is 6.92 Å². The van der Waals surface area contributed by atoms with Crippen LogP contribution in [0.2, 0.25) is 0 Å². The summed E-state index contributed by atoms with van der Waals surface area (Å²) in [5.41, 5.74) is 0.461. The van der Waals surface area contributed by atoms with Crippen LogP contribution in [0.1, 0.15) is 45.4 Å². The maximum absolute atomic E-state index is 12.1. The van der Waals surface area contributed by atoms with Crippen molar-refractivity contribution in [2.45, 2.75) is 57.5 Å². The number of amidine groups is 1. The molecule has 0 bridgehead atoms. The first-order valence-corrected chi connectivity index (χ1v) is 6.95. The topological polar surface area (TPSA) is 61.7 Å². The van der Waals surface area contributed by atoms with Crippen molar-refractivity contribution in [1.29, 1.82) is 0 Å². The Morgan fingerprint density at radius 1 is 1.28 bits per heavy atom. The highest BCUT2D eigenvalue weighted by atomic mass is 16.3. The highest BCUT2D eigenvalue weighted by Gasteiger charge is 2.36. The van der Waals surface area contributed by atoms with Crippen LogP contribution in [-0.2, 0) is 4.79 Å². The van der Waals surface area contributed by atoms with Crippen LogP contribution < -0.4 is 5.32 Å². The van der Waals surface area contributed by atoms with Gasteiger partial charge in [-0.3, -0.25) is 9.79 Å². The van der Waals surface area contributed by atoms with E-state index in [1.165, 1.54) is 12.8 Å². The molecule has 3 rings (SSSR count). The second kappa shape index (κ2) is 4.41. The van der Waals surface area contributed by atoms with Gasteiger partial charge in [0.15, 0.2) is 5.78 Å². The molecule has 1 fully saturated rings. The summed E-state index contributed by atoms with van der Waals surface area (Å²) in [4.78, 5) is 16.7. The fourth-order valence-electron chi connectivity index (χ4n) is 3.30. The number of nitrogens with zero attached hydrogens (tertiary/aromatic N) is 1. The van der Waals surface area contributed by atoms with Gasteiger partial charge in [0.2, 0.25) is 0 Å². The zero-order valence-electron chi connectivity index (χ0n) is 10.8. The number of carbonyl (C=O) groups is 1. The number of hydrogen-bond acceptors (Lipinski definition) is 4. The zero-order chi connectivity index (χ0) is 12.7. The molecule has 2 aliphatic carbocycles. The Hall–Kier alpha value is -1.32. The molecule has 18 heavy (non-hydrogen) atoms. The minimum absolute atomic E-state index is 0.0381. The molecule has 0 aromatic rings. The number of nitrogens with one attached hydrogen (secondary N) is 1. The molecule has 4 heteroatoms. The van der Waals surface area contributed by atoms with Crippen LogP contribution in [0.15, 0.2) is 16.3 Å². The third kappa shape index (κ3) is 1.93. The van der Waals surface area contributed by atoms with Crippen molar-refractivity contribution in [2.24, 2.45) is 10.9 Å². The average molecular weight is 248 g/mol. The summed E-state index contributed by atoms with van der Waals surface area (Å²) in [7, 11) is 0. The summed E-state index contributed by atoms with van der Waals surface area (Å²) in [6.07, 6.45) is 5.78. The first kappa shape index (κ1) is 11.8. The Labute approximate surface area is 107 Å². The van der Waals surface area contributed by atoms with E-state index in [-0.39, 0.29) is 17.5 Å². The normalized spacial score (nSPS) is 36.2. The molecule has 2 N–H and O–H groups in total. The average Bonchev–Trinajstić information content (AvgIpc) is 2.70. The lowest BCUT2D eigenvalue weighted by molar-refractivity contribution is -0.116. The minimum atomic E-state index is 0.0381. The van der Waals surface area contributed by atoms with E-state index in [9.17, 15) is 9.90 Å². The quantitative estimate of drug-likeness (QED) is 0.747. The fraction of sp³-hybridized carbons (Fsp3) is 0.714. The highest BCUT2D eigenvalue weighted by Crippen LogP contribution is 2.30. The molecule has 0 radical (unpaired) electrons. The third-order valence-electron chi connectivity index (χ3n) is 4.23. The van der Waals surface area contributed by atoms with E-state index in [0.717, 1.165) is 12.8 Å². The number of aliphatic hydroxyl groups is 1. The summed E-state index contributed by atoms with van der Waals surface area (Å²) in [6.45, 7) is 1.99. The van der Waals surface area contributed by atoms with E-state index < -0.39 is 0 Å². The molecule has 0 saturated heterocycles. The number of aliphatic hydroxyl groups excluding tert-OH is 1. The van der Waals surface area contributed by atoms with Gasteiger partial charge in [-0.1, -0.05) is 19.8 Å². The van der Waals surface area contributed by atoms with Crippen LogP contribution in [0.3, 0.4) is 0 Å². The molecule has 1 aliphatic heterocycles. The number of rotatable bonds is 1. The van der Waals surface area contributed by atoms with Gasteiger partial charge in [-0.2, -0.15) is 0 Å². The number of hydrogen-bond donors (Lipinski definition) is 2. The molecule has 1 unspecified atom stereocenters. The second-order valence-corrected chi connectivity index (χ2v) is 5.84. The van der Waals surface area contributed by atoms with Crippen LogP contribution in [0.4, 0.5) is 0 Å². The van der Waals surface area contributed by atoms with Gasteiger partial charge in [0.05, 0.1) is 11.6 Å². The maximum Gasteiger partial charge on any atom is 0.170 e. The minimum Gasteiger partial charge on any atom is -0.511 e. The van der Waals surface area contributed by atoms with Gasteiger partial charge in [-0.15, -0.1) is 0 Å². The Bertz CT molecular complexity index is 439. The van der Waals surface area contributed by atoms with E-state index in [1.54, 1.807) is 0 Å². The fourth-order valence-corrected chi connectivity index (χ4v) is 3.30. The van der Waals surface area contributed by atoms with Crippen molar-refractivity contribution in [1.82, 2.24) is 5.32 Å². The summed E-state index contributed by atoms with van der Waals surface area (Å²) in [5, 5.41) is 13.4. The molecule has 4 nitrogen and oxygen atoms in total. The lowest BCUT2D eigenvalue weighted by atomic mass is 9.88. The Balaban J connectivity index is 1.87. The molecule has 0 amide bonds. The first-order valence-electron chi connectivity index (χ1n) is 6.95. The van der Waals surface area contributed by atoms with Gasteiger partial charge in [0.1, 0.15) is 11.6 Å². The summed E-state index contributed by atoms with van der Waals surface area (Å²) in [6, 6.07) is 0.683. The van der Waals surface area contributed by atoms with E-state index in [2.05, 4.69) is 10.3 Å². The smallest absolute Gasteiger partial charge is 0.170 e. The molecule has 1 heterocycles. The van der Waals surface area contributed by atoms with Crippen molar-refractivity contribution in [2.75, 3.05) is 0 Å².